The van der Waals surface area contributed by atoms with Crippen LogP contribution >= 0.6 is 0 Å². The van der Waals surface area contributed by atoms with Crippen LogP contribution < -0.4 is 5.32 Å². The molecule has 1 amide bonds. The van der Waals surface area contributed by atoms with E-state index in [1.54, 1.807) is 6.20 Å². The summed E-state index contributed by atoms with van der Waals surface area (Å²) in [6.45, 7) is 3.79. The van der Waals surface area contributed by atoms with Crippen molar-refractivity contribution < 1.29 is 4.79 Å². The summed E-state index contributed by atoms with van der Waals surface area (Å²) < 4.78 is 2.10. The van der Waals surface area contributed by atoms with Crippen LogP contribution in [-0.4, -0.2) is 22.0 Å². The number of benzene rings is 1. The van der Waals surface area contributed by atoms with Gasteiger partial charge in [0.05, 0.1) is 6.33 Å². The Balaban J connectivity index is 1.53. The van der Waals surface area contributed by atoms with E-state index in [4.69, 9.17) is 0 Å². The van der Waals surface area contributed by atoms with Gasteiger partial charge >= 0.3 is 0 Å². The quantitative estimate of drug-likeness (QED) is 0.757. The van der Waals surface area contributed by atoms with Crippen molar-refractivity contribution in [1.29, 1.82) is 0 Å². The van der Waals surface area contributed by atoms with E-state index in [0.29, 0.717) is 0 Å². The summed E-state index contributed by atoms with van der Waals surface area (Å²) in [4.78, 5) is 15.9. The minimum absolute atomic E-state index is 0.0217. The largest absolute Gasteiger partial charge is 0.352 e. The molecule has 0 bridgehead atoms. The molecule has 0 unspecified atom stereocenters. The lowest BCUT2D eigenvalue weighted by molar-refractivity contribution is 0.0953. The number of nitrogens with one attached hydrogen (secondary N) is 1. The van der Waals surface area contributed by atoms with Crippen molar-refractivity contribution in [2.24, 2.45) is 0 Å². The van der Waals surface area contributed by atoms with Gasteiger partial charge in [0.15, 0.2) is 0 Å². The number of aryl methyl sites for hydroxylation is 2. The third-order valence-electron chi connectivity index (χ3n) is 3.50. The van der Waals surface area contributed by atoms with Crippen LogP contribution in [0.2, 0.25) is 0 Å². The van der Waals surface area contributed by atoms with E-state index in [1.807, 2.05) is 43.7 Å². The Morgan fingerprint density at radius 3 is 2.62 bits per heavy atom. The molecule has 21 heavy (non-hydrogen) atoms. The van der Waals surface area contributed by atoms with Gasteiger partial charge in [0.25, 0.3) is 5.91 Å². The Kier molecular flexibility index (Phi) is 6.00. The summed E-state index contributed by atoms with van der Waals surface area (Å²) in [7, 11) is 0. The maximum absolute atomic E-state index is 11.9. The summed E-state index contributed by atoms with van der Waals surface area (Å²) in [5, 5.41) is 2.97. The summed E-state index contributed by atoms with van der Waals surface area (Å²) in [5.41, 5.74) is 1.91. The van der Waals surface area contributed by atoms with Crippen molar-refractivity contribution in [3.8, 4) is 0 Å². The fourth-order valence-electron chi connectivity index (χ4n) is 2.20. The first kappa shape index (κ1) is 15.3. The average Bonchev–Trinajstić information content (AvgIpc) is 3.00. The lowest BCUT2D eigenvalue weighted by Crippen LogP contribution is -2.24. The van der Waals surface area contributed by atoms with Crippen LogP contribution in [0.1, 0.15) is 41.6 Å². The van der Waals surface area contributed by atoms with E-state index >= 15 is 0 Å². The molecule has 112 valence electrons. The number of imidazole rings is 1. The zero-order valence-corrected chi connectivity index (χ0v) is 12.6. The smallest absolute Gasteiger partial charge is 0.251 e. The topological polar surface area (TPSA) is 46.9 Å². The highest BCUT2D eigenvalue weighted by atomic mass is 16.1. The molecule has 1 heterocycles. The average molecular weight is 285 g/mol. The lowest BCUT2D eigenvalue weighted by Gasteiger charge is -2.06. The molecule has 2 rings (SSSR count). The van der Waals surface area contributed by atoms with E-state index in [0.717, 1.165) is 37.9 Å². The molecule has 4 nitrogen and oxygen atoms in total. The van der Waals surface area contributed by atoms with Gasteiger partial charge in [0, 0.05) is 31.0 Å². The van der Waals surface area contributed by atoms with Gasteiger partial charge in [-0.15, -0.1) is 0 Å². The molecular formula is C17H23N3O. The molecule has 0 aliphatic rings. The van der Waals surface area contributed by atoms with E-state index in [2.05, 4.69) is 14.9 Å². The summed E-state index contributed by atoms with van der Waals surface area (Å²) in [6.07, 6.45) is 10.1. The van der Waals surface area contributed by atoms with Gasteiger partial charge < -0.3 is 9.88 Å². The summed E-state index contributed by atoms with van der Waals surface area (Å²) in [5.74, 6) is 0.0217. The Labute approximate surface area is 126 Å². The monoisotopic (exact) mass is 285 g/mol. The normalized spacial score (nSPS) is 10.5. The molecule has 2 aromatic rings. The predicted molar refractivity (Wildman–Crippen MR) is 84.2 cm³/mol. The number of aromatic nitrogens is 2. The molecular weight excluding hydrogens is 262 g/mol. The van der Waals surface area contributed by atoms with E-state index in [-0.39, 0.29) is 5.91 Å². The van der Waals surface area contributed by atoms with Gasteiger partial charge in [-0.05, 0) is 31.9 Å². The zero-order chi connectivity index (χ0) is 14.9. The number of carbonyl (C=O) groups is 1. The third kappa shape index (κ3) is 5.42. The predicted octanol–water partition coefficient (Wildman–Crippen LogP) is 3.18. The molecule has 1 aromatic carbocycles. The molecule has 0 aliphatic heterocycles. The van der Waals surface area contributed by atoms with Crippen LogP contribution in [-0.2, 0) is 6.54 Å². The second-order valence-electron chi connectivity index (χ2n) is 5.34. The van der Waals surface area contributed by atoms with Crippen LogP contribution in [0.25, 0.3) is 0 Å². The van der Waals surface area contributed by atoms with Crippen molar-refractivity contribution in [3.05, 3.63) is 54.1 Å². The van der Waals surface area contributed by atoms with Crippen LogP contribution in [0.5, 0.6) is 0 Å². The van der Waals surface area contributed by atoms with Gasteiger partial charge in [-0.2, -0.15) is 0 Å². The first-order valence-electron chi connectivity index (χ1n) is 7.56. The SMILES string of the molecule is Cc1ccc(C(=O)NCCCCCCn2ccnc2)cc1. The Hall–Kier alpha value is -2.10. The molecule has 0 radical (unpaired) electrons. The van der Waals surface area contributed by atoms with E-state index in [1.165, 1.54) is 12.0 Å². The first-order valence-corrected chi connectivity index (χ1v) is 7.56. The molecule has 0 aliphatic carbocycles. The highest BCUT2D eigenvalue weighted by Gasteiger charge is 2.03. The summed E-state index contributed by atoms with van der Waals surface area (Å²) in [6, 6.07) is 7.67. The van der Waals surface area contributed by atoms with Crippen molar-refractivity contribution in [1.82, 2.24) is 14.9 Å². The molecule has 0 saturated heterocycles. The van der Waals surface area contributed by atoms with Gasteiger partial charge in [-0.1, -0.05) is 30.5 Å². The molecule has 0 saturated carbocycles. The number of hydrogen-bond acceptors (Lipinski definition) is 2. The molecule has 0 spiro atoms. The molecule has 1 aromatic heterocycles. The third-order valence-corrected chi connectivity index (χ3v) is 3.50. The van der Waals surface area contributed by atoms with E-state index in [9.17, 15) is 4.79 Å². The Morgan fingerprint density at radius 1 is 1.14 bits per heavy atom. The number of rotatable bonds is 8. The maximum Gasteiger partial charge on any atom is 0.251 e. The maximum atomic E-state index is 11.9. The number of nitrogens with zero attached hydrogens (tertiary/aromatic N) is 2. The van der Waals surface area contributed by atoms with Crippen molar-refractivity contribution in [3.63, 3.8) is 0 Å². The molecule has 0 fully saturated rings. The molecule has 4 heteroatoms. The van der Waals surface area contributed by atoms with E-state index < -0.39 is 0 Å². The second kappa shape index (κ2) is 8.25. The van der Waals surface area contributed by atoms with Gasteiger partial charge in [0.2, 0.25) is 0 Å². The second-order valence-corrected chi connectivity index (χ2v) is 5.34. The number of carbonyl (C=O) groups excluding carboxylic acids is 1. The highest BCUT2D eigenvalue weighted by molar-refractivity contribution is 5.94. The Bertz CT molecular complexity index is 532. The first-order chi connectivity index (χ1) is 10.3. The minimum Gasteiger partial charge on any atom is -0.352 e. The van der Waals surface area contributed by atoms with Crippen molar-refractivity contribution in [2.45, 2.75) is 39.2 Å². The van der Waals surface area contributed by atoms with Gasteiger partial charge in [-0.3, -0.25) is 4.79 Å². The van der Waals surface area contributed by atoms with Gasteiger partial charge in [0.1, 0.15) is 0 Å². The standard InChI is InChI=1S/C17H23N3O/c1-15-6-8-16(9-7-15)17(21)19-10-4-2-3-5-12-20-13-11-18-14-20/h6-9,11,13-14H,2-5,10,12H2,1H3,(H,19,21). The van der Waals surface area contributed by atoms with Crippen molar-refractivity contribution >= 4 is 5.91 Å². The fourth-order valence-corrected chi connectivity index (χ4v) is 2.20. The van der Waals surface area contributed by atoms with Crippen LogP contribution in [0.4, 0.5) is 0 Å². The minimum atomic E-state index is 0.0217. The van der Waals surface area contributed by atoms with Crippen molar-refractivity contribution in [2.75, 3.05) is 6.54 Å². The molecule has 0 atom stereocenters. The number of unbranched alkanes of at least 4 members (excludes halogenated alkanes) is 3. The van der Waals surface area contributed by atoms with Crippen LogP contribution in [0.3, 0.4) is 0 Å². The van der Waals surface area contributed by atoms with Crippen LogP contribution in [0, 0.1) is 6.92 Å². The van der Waals surface area contributed by atoms with Crippen LogP contribution in [0.15, 0.2) is 43.0 Å². The fraction of sp³-hybridized carbons (Fsp3) is 0.412. The Morgan fingerprint density at radius 2 is 1.90 bits per heavy atom. The highest BCUT2D eigenvalue weighted by Crippen LogP contribution is 2.04. The van der Waals surface area contributed by atoms with Gasteiger partial charge in [-0.25, -0.2) is 4.98 Å². The lowest BCUT2D eigenvalue weighted by atomic mass is 10.1. The number of amides is 1. The zero-order valence-electron chi connectivity index (χ0n) is 12.6. The summed E-state index contributed by atoms with van der Waals surface area (Å²) >= 11 is 0. The molecule has 1 N–H and O–H groups in total. The number of hydrogen-bond donors (Lipinski definition) is 1.